The van der Waals surface area contributed by atoms with E-state index in [-0.39, 0.29) is 0 Å². The molecule has 1 atom stereocenters. The lowest BCUT2D eigenvalue weighted by Crippen LogP contribution is -2.29. The summed E-state index contributed by atoms with van der Waals surface area (Å²) in [5.41, 5.74) is -0.458. The summed E-state index contributed by atoms with van der Waals surface area (Å²) in [6.45, 7) is 7.94. The van der Waals surface area contributed by atoms with Crippen LogP contribution in [0.3, 0.4) is 0 Å². The summed E-state index contributed by atoms with van der Waals surface area (Å²) in [5.74, 6) is 0.368. The van der Waals surface area contributed by atoms with Crippen LogP contribution in [-0.2, 0) is 0 Å². The minimum absolute atomic E-state index is 0.368. The normalized spacial score (nSPS) is 18.8. The quantitative estimate of drug-likeness (QED) is 0.583. The molecule has 50 valence electrons. The summed E-state index contributed by atoms with van der Waals surface area (Å²) >= 11 is 0. The molecule has 0 radical (unpaired) electrons. The smallest absolute Gasteiger partial charge is 0.0639 e. The lowest BCUT2D eigenvalue weighted by molar-refractivity contribution is 0.00998. The van der Waals surface area contributed by atoms with Crippen LogP contribution in [0.15, 0.2) is 0 Å². The molecule has 0 saturated heterocycles. The van der Waals surface area contributed by atoms with E-state index in [1.165, 1.54) is 0 Å². The molecule has 0 saturated carbocycles. The van der Waals surface area contributed by atoms with E-state index in [1.807, 2.05) is 27.7 Å². The molecule has 1 unspecified atom stereocenters. The first kappa shape index (κ1) is 7.96. The monoisotopic (exact) mass is 116 g/mol. The zero-order valence-electron chi connectivity index (χ0n) is 6.23. The fourth-order valence-corrected chi connectivity index (χ4v) is 0.408. The van der Waals surface area contributed by atoms with Gasteiger partial charge in [-0.25, -0.2) is 0 Å². The average molecular weight is 116 g/mol. The van der Waals surface area contributed by atoms with Crippen molar-refractivity contribution < 1.29 is 5.11 Å². The Hall–Kier alpha value is -0.0400. The Bertz CT molecular complexity index is 64.8. The summed E-state index contributed by atoms with van der Waals surface area (Å²) in [4.78, 5) is 0. The Morgan fingerprint density at radius 2 is 1.88 bits per heavy atom. The van der Waals surface area contributed by atoms with Gasteiger partial charge in [0.15, 0.2) is 0 Å². The summed E-state index contributed by atoms with van der Waals surface area (Å²) < 4.78 is 0. The van der Waals surface area contributed by atoms with Gasteiger partial charge in [-0.1, -0.05) is 20.8 Å². The van der Waals surface area contributed by atoms with Crippen molar-refractivity contribution in [1.82, 2.24) is 0 Å². The van der Waals surface area contributed by atoms with Crippen LogP contribution in [0.2, 0.25) is 0 Å². The Balaban J connectivity index is 3.71. The van der Waals surface area contributed by atoms with Crippen LogP contribution in [0, 0.1) is 5.92 Å². The van der Waals surface area contributed by atoms with Crippen LogP contribution in [-0.4, -0.2) is 10.7 Å². The molecule has 0 bridgehead atoms. The summed E-state index contributed by atoms with van der Waals surface area (Å²) in [6, 6.07) is 0. The first-order valence-corrected chi connectivity index (χ1v) is 3.23. The number of hydrogen-bond donors (Lipinski definition) is 1. The second kappa shape index (κ2) is 2.49. The first-order valence-electron chi connectivity index (χ1n) is 3.23. The Morgan fingerprint density at radius 1 is 1.50 bits per heavy atom. The van der Waals surface area contributed by atoms with Crippen LogP contribution in [0.25, 0.3) is 0 Å². The Morgan fingerprint density at radius 3 is 1.88 bits per heavy atom. The maximum absolute atomic E-state index is 9.40. The molecule has 0 aromatic rings. The van der Waals surface area contributed by atoms with Gasteiger partial charge in [0.25, 0.3) is 0 Å². The molecular weight excluding hydrogens is 100 g/mol. The van der Waals surface area contributed by atoms with Gasteiger partial charge < -0.3 is 5.11 Å². The summed E-state index contributed by atoms with van der Waals surface area (Å²) in [7, 11) is 0. The maximum Gasteiger partial charge on any atom is 0.0639 e. The van der Waals surface area contributed by atoms with Gasteiger partial charge in [0, 0.05) is 0 Å². The molecule has 0 aliphatic heterocycles. The van der Waals surface area contributed by atoms with Gasteiger partial charge in [0.05, 0.1) is 5.60 Å². The molecule has 1 heteroatoms. The molecule has 1 nitrogen and oxygen atoms in total. The van der Waals surface area contributed by atoms with Crippen LogP contribution >= 0.6 is 0 Å². The largest absolute Gasteiger partial charge is 0.390 e. The molecule has 0 aliphatic rings. The van der Waals surface area contributed by atoms with Gasteiger partial charge in [-0.15, -0.1) is 0 Å². The second-order valence-corrected chi connectivity index (χ2v) is 2.87. The van der Waals surface area contributed by atoms with Crippen molar-refractivity contribution in [2.24, 2.45) is 5.92 Å². The van der Waals surface area contributed by atoms with Crippen molar-refractivity contribution in [3.05, 3.63) is 0 Å². The fourth-order valence-electron chi connectivity index (χ4n) is 0.408. The van der Waals surface area contributed by atoms with Crippen LogP contribution in [0.5, 0.6) is 0 Å². The Labute approximate surface area is 51.7 Å². The molecule has 0 aliphatic carbocycles. The Kier molecular flexibility index (Phi) is 2.48. The molecule has 0 spiro atoms. The average Bonchev–Trinajstić information content (AvgIpc) is 1.67. The SMILES string of the molecule is CCC(C)(O)C(C)C. The van der Waals surface area contributed by atoms with E-state index >= 15 is 0 Å². The van der Waals surface area contributed by atoms with Crippen LogP contribution < -0.4 is 0 Å². The van der Waals surface area contributed by atoms with Crippen LogP contribution in [0.1, 0.15) is 34.1 Å². The number of aliphatic hydroxyl groups is 1. The molecule has 0 amide bonds. The highest BCUT2D eigenvalue weighted by molar-refractivity contribution is 4.73. The first-order chi connectivity index (χ1) is 3.50. The molecule has 8 heavy (non-hydrogen) atoms. The number of rotatable bonds is 2. The highest BCUT2D eigenvalue weighted by Crippen LogP contribution is 2.18. The van der Waals surface area contributed by atoms with E-state index in [0.29, 0.717) is 5.92 Å². The minimum Gasteiger partial charge on any atom is -0.390 e. The fraction of sp³-hybridized carbons (Fsp3) is 1.00. The number of hydrogen-bond acceptors (Lipinski definition) is 1. The van der Waals surface area contributed by atoms with Gasteiger partial charge in [0.1, 0.15) is 0 Å². The van der Waals surface area contributed by atoms with Crippen molar-refractivity contribution in [2.75, 3.05) is 0 Å². The van der Waals surface area contributed by atoms with E-state index in [4.69, 9.17) is 0 Å². The summed E-state index contributed by atoms with van der Waals surface area (Å²) in [6.07, 6.45) is 0.838. The highest BCUT2D eigenvalue weighted by atomic mass is 16.3. The van der Waals surface area contributed by atoms with Crippen molar-refractivity contribution in [2.45, 2.75) is 39.7 Å². The molecule has 1 N–H and O–H groups in total. The second-order valence-electron chi connectivity index (χ2n) is 2.87. The van der Waals surface area contributed by atoms with Gasteiger partial charge >= 0.3 is 0 Å². The molecule has 0 aromatic heterocycles. The highest BCUT2D eigenvalue weighted by Gasteiger charge is 2.21. The van der Waals surface area contributed by atoms with Gasteiger partial charge in [0.2, 0.25) is 0 Å². The molecule has 0 heterocycles. The zero-order valence-corrected chi connectivity index (χ0v) is 6.23. The third-order valence-corrected chi connectivity index (χ3v) is 1.96. The van der Waals surface area contributed by atoms with Crippen molar-refractivity contribution in [1.29, 1.82) is 0 Å². The lowest BCUT2D eigenvalue weighted by atomic mass is 9.90. The predicted octanol–water partition coefficient (Wildman–Crippen LogP) is 1.80. The summed E-state index contributed by atoms with van der Waals surface area (Å²) in [5, 5.41) is 9.40. The zero-order chi connectivity index (χ0) is 6.78. The lowest BCUT2D eigenvalue weighted by Gasteiger charge is -2.25. The third-order valence-electron chi connectivity index (χ3n) is 1.96. The van der Waals surface area contributed by atoms with Gasteiger partial charge in [-0.05, 0) is 19.3 Å². The van der Waals surface area contributed by atoms with E-state index in [9.17, 15) is 5.11 Å². The molecule has 0 rings (SSSR count). The van der Waals surface area contributed by atoms with E-state index < -0.39 is 5.60 Å². The molecule has 0 aromatic carbocycles. The van der Waals surface area contributed by atoms with Gasteiger partial charge in [-0.2, -0.15) is 0 Å². The molecular formula is C7H16O. The topological polar surface area (TPSA) is 20.2 Å². The molecule has 0 fully saturated rings. The van der Waals surface area contributed by atoms with E-state index in [2.05, 4.69) is 0 Å². The van der Waals surface area contributed by atoms with E-state index in [1.54, 1.807) is 0 Å². The van der Waals surface area contributed by atoms with Crippen LogP contribution in [0.4, 0.5) is 0 Å². The van der Waals surface area contributed by atoms with Crippen molar-refractivity contribution >= 4 is 0 Å². The van der Waals surface area contributed by atoms with Crippen molar-refractivity contribution in [3.8, 4) is 0 Å². The minimum atomic E-state index is -0.458. The maximum atomic E-state index is 9.40. The van der Waals surface area contributed by atoms with E-state index in [0.717, 1.165) is 6.42 Å². The predicted molar refractivity (Wildman–Crippen MR) is 35.8 cm³/mol. The third kappa shape index (κ3) is 1.83. The standard InChI is InChI=1S/C7H16O/c1-5-7(4,8)6(2)3/h6,8H,5H2,1-4H3. The van der Waals surface area contributed by atoms with Gasteiger partial charge in [-0.3, -0.25) is 0 Å². The van der Waals surface area contributed by atoms with Crippen molar-refractivity contribution in [3.63, 3.8) is 0 Å².